The molecule has 4 rings (SSSR count). The van der Waals surface area contributed by atoms with Crippen LogP contribution in [0.3, 0.4) is 0 Å². The number of rotatable bonds is 12. The van der Waals surface area contributed by atoms with Crippen LogP contribution >= 0.6 is 11.8 Å². The minimum absolute atomic E-state index is 0.112. The highest BCUT2D eigenvalue weighted by atomic mass is 32.2. The van der Waals surface area contributed by atoms with Crippen molar-refractivity contribution in [2.45, 2.75) is 53.4 Å². The summed E-state index contributed by atoms with van der Waals surface area (Å²) in [5, 5.41) is 51.7. The summed E-state index contributed by atoms with van der Waals surface area (Å²) in [4.78, 5) is 46.0. The molecule has 3 heterocycles. The molecule has 220 valence electrons. The number of benzene rings is 1. The monoisotopic (exact) mass is 610 g/mol. The van der Waals surface area contributed by atoms with Crippen LogP contribution in [0.15, 0.2) is 35.7 Å². The van der Waals surface area contributed by atoms with Gasteiger partial charge in [-0.3, -0.25) is 19.5 Å². The molecule has 41 heavy (non-hydrogen) atoms. The van der Waals surface area contributed by atoms with Gasteiger partial charge in [0, 0.05) is 28.3 Å². The van der Waals surface area contributed by atoms with Crippen LogP contribution in [-0.2, 0) is 20.4 Å². The van der Waals surface area contributed by atoms with Crippen molar-refractivity contribution in [1.82, 2.24) is 19.5 Å². The number of aliphatic carboxylic acids is 1. The lowest BCUT2D eigenvalue weighted by Crippen LogP contribution is -2.40. The van der Waals surface area contributed by atoms with Crippen LogP contribution in [0.25, 0.3) is 11.2 Å². The number of nitrogens with zero attached hydrogens (tertiary/aromatic N) is 5. The van der Waals surface area contributed by atoms with Crippen molar-refractivity contribution in [2.75, 3.05) is 17.2 Å². The van der Waals surface area contributed by atoms with Gasteiger partial charge in [0.05, 0.1) is 11.3 Å². The molecule has 2 aromatic heterocycles. The fourth-order valence-corrected chi connectivity index (χ4v) is 8.47. The first-order chi connectivity index (χ1) is 19.4. The number of anilines is 1. The van der Waals surface area contributed by atoms with E-state index in [-0.39, 0.29) is 22.6 Å². The Morgan fingerprint density at radius 2 is 1.98 bits per heavy atom. The molecule has 1 aromatic carbocycles. The van der Waals surface area contributed by atoms with Gasteiger partial charge in [-0.25, -0.2) is 19.7 Å². The van der Waals surface area contributed by atoms with Gasteiger partial charge in [0.25, 0.3) is 5.69 Å². The molecule has 0 saturated carbocycles. The maximum absolute atomic E-state index is 11.6. The third-order valence-electron chi connectivity index (χ3n) is 6.55. The van der Waals surface area contributed by atoms with Gasteiger partial charge >= 0.3 is 11.9 Å². The Morgan fingerprint density at radius 3 is 2.63 bits per heavy atom. The highest BCUT2D eigenvalue weighted by Gasteiger charge is 2.48. The van der Waals surface area contributed by atoms with E-state index in [1.54, 1.807) is 0 Å². The van der Waals surface area contributed by atoms with Crippen LogP contribution in [-0.4, -0.2) is 97.2 Å². The lowest BCUT2D eigenvalue weighted by molar-refractivity contribution is -0.385. The molecule has 0 amide bonds. The van der Waals surface area contributed by atoms with Gasteiger partial charge in [-0.2, -0.15) is 0 Å². The molecule has 0 radical (unpaired) electrons. The number of thioether (sulfide) groups is 1. The number of ether oxygens (including phenoxy) is 1. The van der Waals surface area contributed by atoms with E-state index in [9.17, 15) is 40.1 Å². The predicted octanol–water partition coefficient (Wildman–Crippen LogP) is 0.193. The minimum atomic E-state index is -1.44. The third-order valence-corrected chi connectivity index (χ3v) is 11.0. The number of carboxylic acids is 2. The van der Waals surface area contributed by atoms with E-state index in [0.29, 0.717) is 21.8 Å². The molecule has 1 aliphatic rings. The molecule has 1 fully saturated rings. The van der Waals surface area contributed by atoms with E-state index in [0.717, 1.165) is 6.07 Å². The zero-order valence-electron chi connectivity index (χ0n) is 21.5. The number of carbonyl (C=O) groups is 2. The molecular weight excluding hydrogens is 582 g/mol. The summed E-state index contributed by atoms with van der Waals surface area (Å²) in [5.74, 6) is -1.95. The number of aliphatic hydroxyl groups is 2. The fourth-order valence-electron chi connectivity index (χ4n) is 4.33. The minimum Gasteiger partial charge on any atom is -0.480 e. The number of hydrogen-bond acceptors (Lipinski definition) is 13. The fraction of sp³-hybridized carbons (Fsp3) is 0.435. The topological polar surface area (TPSA) is 263 Å². The lowest BCUT2D eigenvalue weighted by atomic mass is 10.1. The second-order valence-electron chi connectivity index (χ2n) is 9.20. The Balaban J connectivity index is 1.56. The standard InChI is InChI=1S/C23H27N7O9S2/c1-10(40-11-2-3-14(30(37)38)12(6-11)22(33)34)41(5-4-13(24)23(35)36)7-15-17(31)18(32)21(39-15)29-9-28-16-19(25)26-8-27-20(16)29/h2-3,6,8-10,13,15,17-18,21,31-32H,4-5,7,24H2,1H3,(H3-,25,26,27,33,34,35,36)/p+1/t10?,13-,15+,17+,18+,21+,41?/m0/s1. The summed E-state index contributed by atoms with van der Waals surface area (Å²) in [6.45, 7) is 1.83. The van der Waals surface area contributed by atoms with Crippen molar-refractivity contribution < 1.29 is 39.7 Å². The van der Waals surface area contributed by atoms with E-state index in [1.165, 1.54) is 41.1 Å². The number of nitro benzene ring substituents is 1. The molecule has 7 atom stereocenters. The first-order valence-electron chi connectivity index (χ1n) is 12.2. The number of nitro groups is 1. The van der Waals surface area contributed by atoms with Crippen molar-refractivity contribution in [3.63, 3.8) is 0 Å². The maximum atomic E-state index is 11.6. The number of nitrogens with two attached hydrogens (primary N) is 2. The molecule has 0 aliphatic carbocycles. The summed E-state index contributed by atoms with van der Waals surface area (Å²) in [6, 6.07) is 2.64. The van der Waals surface area contributed by atoms with Gasteiger partial charge in [0.15, 0.2) is 22.3 Å². The molecule has 1 aliphatic heterocycles. The molecule has 0 bridgehead atoms. The molecule has 2 unspecified atom stereocenters. The van der Waals surface area contributed by atoms with E-state index >= 15 is 0 Å². The average molecular weight is 611 g/mol. The number of fused-ring (bicyclic) bond motifs is 1. The number of carboxylic acid groups (broad SMARTS) is 2. The molecule has 8 N–H and O–H groups in total. The van der Waals surface area contributed by atoms with E-state index < -0.39 is 69.6 Å². The van der Waals surface area contributed by atoms with Crippen LogP contribution in [0.1, 0.15) is 29.9 Å². The summed E-state index contributed by atoms with van der Waals surface area (Å²) < 4.78 is 7.24. The van der Waals surface area contributed by atoms with Crippen molar-refractivity contribution in [3.05, 3.63) is 46.5 Å². The lowest BCUT2D eigenvalue weighted by Gasteiger charge is -2.21. The summed E-state index contributed by atoms with van der Waals surface area (Å²) >= 11 is 1.24. The molecule has 16 nitrogen and oxygen atoms in total. The van der Waals surface area contributed by atoms with Gasteiger partial charge in [-0.05, 0) is 19.1 Å². The Labute approximate surface area is 239 Å². The van der Waals surface area contributed by atoms with Crippen LogP contribution < -0.4 is 11.5 Å². The number of imidazole rings is 1. The Morgan fingerprint density at radius 1 is 1.24 bits per heavy atom. The maximum Gasteiger partial charge on any atom is 0.342 e. The highest BCUT2D eigenvalue weighted by Crippen LogP contribution is 2.36. The van der Waals surface area contributed by atoms with Crippen LogP contribution in [0.4, 0.5) is 11.5 Å². The highest BCUT2D eigenvalue weighted by molar-refractivity contribution is 8.15. The van der Waals surface area contributed by atoms with Crippen molar-refractivity contribution >= 4 is 57.3 Å². The third kappa shape index (κ3) is 6.52. The molecule has 0 spiro atoms. The molecular formula is C23H28N7O9S2+. The second-order valence-corrected chi connectivity index (χ2v) is 13.4. The van der Waals surface area contributed by atoms with Gasteiger partial charge in [0.1, 0.15) is 53.3 Å². The van der Waals surface area contributed by atoms with E-state index in [4.69, 9.17) is 16.2 Å². The van der Waals surface area contributed by atoms with Crippen LogP contribution in [0.5, 0.6) is 0 Å². The number of nitrogen functional groups attached to an aromatic ring is 1. The van der Waals surface area contributed by atoms with Crippen molar-refractivity contribution in [3.8, 4) is 0 Å². The molecule has 18 heteroatoms. The molecule has 3 aromatic rings. The van der Waals surface area contributed by atoms with Crippen molar-refractivity contribution in [1.29, 1.82) is 0 Å². The van der Waals surface area contributed by atoms with Gasteiger partial charge < -0.3 is 36.6 Å². The number of aromatic carboxylic acids is 1. The SMILES string of the molecule is CC(Sc1ccc([N+](=O)[O-])c(C(=O)O)c1)[S+](CC[C@H](N)C(=O)O)C[C@H]1O[C@@H](n2cnc3c(N)ncnc32)[C@H](O)[C@@H]1O. The quantitative estimate of drug-likeness (QED) is 0.0692. The van der Waals surface area contributed by atoms with Gasteiger partial charge in [0.2, 0.25) is 0 Å². The molecule has 1 saturated heterocycles. The number of hydrogen-bond donors (Lipinski definition) is 6. The predicted molar refractivity (Wildman–Crippen MR) is 148 cm³/mol. The average Bonchev–Trinajstić information content (AvgIpc) is 3.47. The van der Waals surface area contributed by atoms with Gasteiger partial charge in [-0.1, -0.05) is 11.8 Å². The summed E-state index contributed by atoms with van der Waals surface area (Å²) in [6.07, 6.45) is -1.85. The van der Waals surface area contributed by atoms with Gasteiger partial charge in [-0.15, -0.1) is 0 Å². The second kappa shape index (κ2) is 12.5. The first kappa shape index (κ1) is 30.4. The van der Waals surface area contributed by atoms with Crippen molar-refractivity contribution in [2.24, 2.45) is 5.73 Å². The van der Waals surface area contributed by atoms with Crippen LogP contribution in [0, 0.1) is 10.1 Å². The first-order valence-corrected chi connectivity index (χ1v) is 14.7. The Kier molecular flexibility index (Phi) is 9.30. The Bertz CT molecular complexity index is 1460. The number of aromatic nitrogens is 4. The largest absolute Gasteiger partial charge is 0.480 e. The van der Waals surface area contributed by atoms with Crippen LogP contribution in [0.2, 0.25) is 0 Å². The Hall–Kier alpha value is -3.55. The van der Waals surface area contributed by atoms with E-state index in [2.05, 4.69) is 15.0 Å². The summed E-state index contributed by atoms with van der Waals surface area (Å²) in [5.41, 5.74) is 11.2. The summed E-state index contributed by atoms with van der Waals surface area (Å²) in [7, 11) is -0.685. The zero-order valence-corrected chi connectivity index (χ0v) is 23.1. The normalized spacial score (nSPS) is 22.8. The zero-order chi connectivity index (χ0) is 30.0. The van der Waals surface area contributed by atoms with E-state index in [1.807, 2.05) is 6.92 Å². The smallest absolute Gasteiger partial charge is 0.342 e. The number of aliphatic hydroxyl groups excluding tert-OH is 2.